The summed E-state index contributed by atoms with van der Waals surface area (Å²) in [7, 11) is 0. The molecule has 0 amide bonds. The van der Waals surface area contributed by atoms with Gasteiger partial charge in [0.05, 0.1) is 18.1 Å². The number of carbonyl (C=O) groups excluding carboxylic acids is 1. The second-order valence-electron chi connectivity index (χ2n) is 9.28. The Morgan fingerprint density at radius 3 is 2.00 bits per heavy atom. The molecule has 3 nitrogen and oxygen atoms in total. The number of Topliss-reactive ketones (excluding diaryl/α,β-unsaturated/α-hetero) is 1. The smallest absolute Gasteiger partial charge is 0.161 e. The molecule has 0 saturated heterocycles. The van der Waals surface area contributed by atoms with E-state index in [4.69, 9.17) is 0 Å². The van der Waals surface area contributed by atoms with Crippen LogP contribution in [-0.4, -0.2) is 5.78 Å². The number of benzene rings is 1. The molecule has 1 aromatic rings. The van der Waals surface area contributed by atoms with Gasteiger partial charge in [0.2, 0.25) is 0 Å². The van der Waals surface area contributed by atoms with E-state index >= 15 is 0 Å². The zero-order valence-electron chi connectivity index (χ0n) is 14.9. The minimum atomic E-state index is -1.45. The van der Waals surface area contributed by atoms with Crippen LogP contribution in [0.2, 0.25) is 0 Å². The van der Waals surface area contributed by atoms with E-state index in [2.05, 4.69) is 0 Å². The van der Waals surface area contributed by atoms with E-state index < -0.39 is 34.3 Å². The molecule has 5 heteroatoms. The highest BCUT2D eigenvalue weighted by Gasteiger charge is 2.73. The van der Waals surface area contributed by atoms with Crippen LogP contribution < -0.4 is 0 Å². The van der Waals surface area contributed by atoms with Crippen LogP contribution in [0.3, 0.4) is 0 Å². The number of hydrogen-bond acceptors (Lipinski definition) is 3. The lowest BCUT2D eigenvalue weighted by Crippen LogP contribution is -2.50. The maximum Gasteiger partial charge on any atom is 0.161 e. The van der Waals surface area contributed by atoms with Gasteiger partial charge in [-0.1, -0.05) is 6.07 Å². The van der Waals surface area contributed by atoms with Crippen LogP contribution in [-0.2, 0) is 4.79 Å². The van der Waals surface area contributed by atoms with Gasteiger partial charge in [0, 0.05) is 11.3 Å². The average Bonchev–Trinajstić information content (AvgIpc) is 3.31. The molecule has 4 bridgehead atoms. The first kappa shape index (κ1) is 16.9. The van der Waals surface area contributed by atoms with Crippen LogP contribution in [0.4, 0.5) is 8.78 Å². The van der Waals surface area contributed by atoms with Gasteiger partial charge in [0.25, 0.3) is 0 Å². The van der Waals surface area contributed by atoms with Crippen molar-refractivity contribution in [2.75, 3.05) is 0 Å². The Bertz CT molecular complexity index is 876. The van der Waals surface area contributed by atoms with Gasteiger partial charge in [0.1, 0.15) is 5.78 Å². The second-order valence-corrected chi connectivity index (χ2v) is 9.28. The number of halogens is 2. The number of nitriles is 2. The van der Waals surface area contributed by atoms with Crippen molar-refractivity contribution in [1.82, 2.24) is 0 Å². The van der Waals surface area contributed by atoms with Gasteiger partial charge in [-0.2, -0.15) is 10.5 Å². The summed E-state index contributed by atoms with van der Waals surface area (Å²) < 4.78 is 27.1. The Morgan fingerprint density at radius 2 is 1.52 bits per heavy atom. The van der Waals surface area contributed by atoms with E-state index in [0.29, 0.717) is 23.3 Å². The molecule has 0 aromatic heterocycles. The monoisotopic (exact) mass is 366 g/mol. The van der Waals surface area contributed by atoms with Gasteiger partial charge in [0.15, 0.2) is 17.0 Å². The fourth-order valence-corrected chi connectivity index (χ4v) is 6.95. The highest BCUT2D eigenvalue weighted by molar-refractivity contribution is 5.94. The van der Waals surface area contributed by atoms with Crippen molar-refractivity contribution in [2.45, 2.75) is 44.4 Å². The molecule has 2 atom stereocenters. The van der Waals surface area contributed by atoms with Crippen LogP contribution in [0, 0.1) is 68.8 Å². The van der Waals surface area contributed by atoms with Crippen LogP contribution in [0.5, 0.6) is 0 Å². The van der Waals surface area contributed by atoms with Crippen molar-refractivity contribution in [3.63, 3.8) is 0 Å². The fourth-order valence-electron chi connectivity index (χ4n) is 6.95. The number of nitrogens with zero attached hydrogens (tertiary/aromatic N) is 2. The average molecular weight is 366 g/mol. The maximum absolute atomic E-state index is 13.7. The third-order valence-electron chi connectivity index (χ3n) is 7.72. The predicted molar refractivity (Wildman–Crippen MR) is 91.9 cm³/mol. The summed E-state index contributed by atoms with van der Waals surface area (Å²) in [5.74, 6) is -1.60. The van der Waals surface area contributed by atoms with Crippen molar-refractivity contribution in [3.05, 3.63) is 35.4 Å². The van der Waals surface area contributed by atoms with Crippen molar-refractivity contribution < 1.29 is 13.6 Å². The number of carbonyl (C=O) groups is 1. The number of ketones is 1. The van der Waals surface area contributed by atoms with E-state index in [0.717, 1.165) is 31.4 Å². The summed E-state index contributed by atoms with van der Waals surface area (Å²) in [4.78, 5) is 13.7. The Balaban J connectivity index is 1.52. The highest BCUT2D eigenvalue weighted by Crippen LogP contribution is 2.70. The zero-order valence-corrected chi connectivity index (χ0v) is 14.9. The predicted octanol–water partition coefficient (Wildman–Crippen LogP) is 4.50. The third-order valence-corrected chi connectivity index (χ3v) is 7.72. The van der Waals surface area contributed by atoms with Crippen molar-refractivity contribution >= 4 is 5.78 Å². The molecule has 1 aromatic carbocycles. The minimum absolute atomic E-state index is 0.0273. The fraction of sp³-hybridized carbons (Fsp3) is 0.591. The Hall–Kier alpha value is -2.27. The van der Waals surface area contributed by atoms with Crippen LogP contribution in [0.1, 0.15) is 50.0 Å². The van der Waals surface area contributed by atoms with Gasteiger partial charge >= 0.3 is 0 Å². The quantitative estimate of drug-likeness (QED) is 0.791. The standard InChI is InChI=1S/C22H20F2N2O/c23-16-2-1-15(6-17(16)24)18-19(22(18,10-25)11-26)20(27)21-7-12-3-13(8-21)5-14(4-12)9-21/h1-2,6,12-14,18-19H,3-5,7-9H2/t12?,13?,14?,18-,19+,21?/m0/s1. The molecule has 5 fully saturated rings. The molecule has 5 aliphatic rings. The summed E-state index contributed by atoms with van der Waals surface area (Å²) >= 11 is 0. The largest absolute Gasteiger partial charge is 0.299 e. The zero-order chi connectivity index (χ0) is 19.0. The van der Waals surface area contributed by atoms with E-state index in [9.17, 15) is 24.1 Å². The van der Waals surface area contributed by atoms with Crippen molar-refractivity contribution in [3.8, 4) is 12.1 Å². The van der Waals surface area contributed by atoms with Crippen molar-refractivity contribution in [2.24, 2.45) is 34.5 Å². The minimum Gasteiger partial charge on any atom is -0.299 e. The van der Waals surface area contributed by atoms with Crippen LogP contribution >= 0.6 is 0 Å². The molecule has 27 heavy (non-hydrogen) atoms. The molecule has 0 heterocycles. The van der Waals surface area contributed by atoms with E-state index in [-0.39, 0.29) is 5.78 Å². The SMILES string of the molecule is N#CC1(C#N)[C@@H](C(=O)C23CC4CC(CC(C4)C2)C3)[C@@H]1c1ccc(F)c(F)c1. The third kappa shape index (κ3) is 2.18. The van der Waals surface area contributed by atoms with Crippen LogP contribution in [0.15, 0.2) is 18.2 Å². The molecule has 5 aliphatic carbocycles. The normalized spacial score (nSPS) is 40.2. The lowest BCUT2D eigenvalue weighted by molar-refractivity contribution is -0.145. The van der Waals surface area contributed by atoms with E-state index in [1.165, 1.54) is 25.3 Å². The summed E-state index contributed by atoms with van der Waals surface area (Å²) in [5, 5.41) is 19.4. The Kier molecular flexibility index (Phi) is 3.36. The van der Waals surface area contributed by atoms with Crippen LogP contribution in [0.25, 0.3) is 0 Å². The second kappa shape index (κ2) is 5.38. The summed E-state index contributed by atoms with van der Waals surface area (Å²) in [6.45, 7) is 0. The van der Waals surface area contributed by atoms with Gasteiger partial charge in [-0.15, -0.1) is 0 Å². The molecule has 138 valence electrons. The molecule has 0 spiro atoms. The molecule has 0 radical (unpaired) electrons. The Labute approximate surface area is 157 Å². The van der Waals surface area contributed by atoms with Gasteiger partial charge in [-0.25, -0.2) is 8.78 Å². The number of rotatable bonds is 3. The molecule has 5 saturated carbocycles. The van der Waals surface area contributed by atoms with Gasteiger partial charge in [-0.05, 0) is 74.0 Å². The summed E-state index contributed by atoms with van der Waals surface area (Å²) in [6, 6.07) is 7.55. The lowest BCUT2D eigenvalue weighted by Gasteiger charge is -2.56. The maximum atomic E-state index is 13.7. The topological polar surface area (TPSA) is 64.7 Å². The lowest BCUT2D eigenvalue weighted by atomic mass is 9.48. The first-order valence-electron chi connectivity index (χ1n) is 9.74. The highest BCUT2D eigenvalue weighted by atomic mass is 19.2. The molecule has 0 aliphatic heterocycles. The van der Waals surface area contributed by atoms with E-state index in [1.807, 2.05) is 12.1 Å². The van der Waals surface area contributed by atoms with E-state index in [1.54, 1.807) is 0 Å². The summed E-state index contributed by atoms with van der Waals surface area (Å²) in [6.07, 6.45) is 6.20. The Morgan fingerprint density at radius 1 is 0.963 bits per heavy atom. The number of hydrogen-bond donors (Lipinski definition) is 0. The molecule has 0 unspecified atom stereocenters. The summed E-state index contributed by atoms with van der Waals surface area (Å²) in [5.41, 5.74) is -1.49. The van der Waals surface area contributed by atoms with Crippen molar-refractivity contribution in [1.29, 1.82) is 10.5 Å². The first-order chi connectivity index (χ1) is 12.9. The first-order valence-corrected chi connectivity index (χ1v) is 9.74. The molecule has 6 rings (SSSR count). The molecule has 0 N–H and O–H groups in total. The molecular formula is C22H20F2N2O. The van der Waals surface area contributed by atoms with Gasteiger partial charge in [-0.3, -0.25) is 4.79 Å². The van der Waals surface area contributed by atoms with Gasteiger partial charge < -0.3 is 0 Å². The molecular weight excluding hydrogens is 346 g/mol.